The molecule has 0 amide bonds. The van der Waals surface area contributed by atoms with Crippen molar-refractivity contribution in [2.24, 2.45) is 0 Å². The fourth-order valence-electron chi connectivity index (χ4n) is 6.36. The summed E-state index contributed by atoms with van der Waals surface area (Å²) < 4.78 is 33.7. The zero-order valence-electron chi connectivity index (χ0n) is 21.6. The van der Waals surface area contributed by atoms with Gasteiger partial charge in [-0.2, -0.15) is 5.26 Å². The molecule has 11 nitrogen and oxygen atoms in total. The van der Waals surface area contributed by atoms with Crippen LogP contribution in [0, 0.1) is 25.2 Å². The van der Waals surface area contributed by atoms with Crippen LogP contribution in [-0.2, 0) is 20.7 Å². The molecule has 6 rings (SSSR count). The van der Waals surface area contributed by atoms with Gasteiger partial charge >= 0.3 is 5.97 Å². The summed E-state index contributed by atoms with van der Waals surface area (Å²) >= 11 is 0. The Kier molecular flexibility index (Phi) is 5.98. The Balaban J connectivity index is 1.50. The Morgan fingerprint density at radius 3 is 2.74 bits per heavy atom. The predicted octanol–water partition coefficient (Wildman–Crippen LogP) is 2.16. The number of methoxy groups -OCH3 is 2. The molecule has 5 atom stereocenters. The number of aryl methyl sites for hydroxylation is 1. The van der Waals surface area contributed by atoms with Gasteiger partial charge in [0.05, 0.1) is 25.3 Å². The number of carbonyl (C=O) groups excluding carboxylic acids is 1. The molecule has 38 heavy (non-hydrogen) atoms. The minimum Gasteiger partial charge on any atom is -0.504 e. The van der Waals surface area contributed by atoms with Crippen molar-refractivity contribution in [3.63, 3.8) is 0 Å². The number of esters is 1. The van der Waals surface area contributed by atoms with Gasteiger partial charge in [0.15, 0.2) is 29.8 Å². The second kappa shape index (κ2) is 9.23. The lowest BCUT2D eigenvalue weighted by atomic mass is 9.77. The van der Waals surface area contributed by atoms with Gasteiger partial charge in [-0.3, -0.25) is 4.90 Å². The minimum absolute atomic E-state index is 0.00300. The summed E-state index contributed by atoms with van der Waals surface area (Å²) in [5.74, 6) is 1.36. The molecule has 2 aromatic carbocycles. The number of fused-ring (bicyclic) bond motifs is 7. The largest absolute Gasteiger partial charge is 0.504 e. The van der Waals surface area contributed by atoms with Crippen molar-refractivity contribution in [2.45, 2.75) is 50.5 Å². The van der Waals surface area contributed by atoms with Gasteiger partial charge in [0.2, 0.25) is 6.79 Å². The number of nitriles is 1. The summed E-state index contributed by atoms with van der Waals surface area (Å²) in [6, 6.07) is 3.43. The molecule has 2 saturated heterocycles. The van der Waals surface area contributed by atoms with Crippen LogP contribution in [-0.4, -0.2) is 68.5 Å². The van der Waals surface area contributed by atoms with E-state index in [1.807, 2.05) is 24.8 Å². The van der Waals surface area contributed by atoms with E-state index in [-0.39, 0.29) is 32.0 Å². The molecule has 0 radical (unpaired) electrons. The van der Waals surface area contributed by atoms with Gasteiger partial charge in [-0.15, -0.1) is 0 Å². The first-order chi connectivity index (χ1) is 18.4. The molecule has 2 N–H and O–H groups in total. The molecular formula is C27H29N3O8. The molecule has 5 unspecified atom stereocenters. The van der Waals surface area contributed by atoms with Crippen LogP contribution in [0.2, 0.25) is 0 Å². The van der Waals surface area contributed by atoms with E-state index in [2.05, 4.69) is 11.4 Å². The van der Waals surface area contributed by atoms with Crippen LogP contribution in [0.15, 0.2) is 12.1 Å². The maximum atomic E-state index is 13.5. The average Bonchev–Trinajstić information content (AvgIpc) is 3.39. The maximum absolute atomic E-state index is 13.5. The second-order valence-electron chi connectivity index (χ2n) is 9.93. The first kappa shape index (κ1) is 24.6. The molecule has 0 aliphatic carbocycles. The number of phenolic OH excluding ortho intramolecular Hbond substituents is 1. The third-order valence-electron chi connectivity index (χ3n) is 7.93. The first-order valence-electron chi connectivity index (χ1n) is 12.4. The monoisotopic (exact) mass is 523 g/mol. The van der Waals surface area contributed by atoms with Crippen LogP contribution in [0.5, 0.6) is 28.7 Å². The number of carbonyl (C=O) groups is 1. The second-order valence-corrected chi connectivity index (χ2v) is 9.93. The Hall–Kier alpha value is -3.72. The van der Waals surface area contributed by atoms with Gasteiger partial charge in [-0.25, -0.2) is 4.79 Å². The van der Waals surface area contributed by atoms with E-state index in [1.165, 1.54) is 14.2 Å². The Labute approximate surface area is 219 Å². The zero-order chi connectivity index (χ0) is 26.7. The SMILES string of the molecule is COCOc1cc(C2C(=O)OCC3C4NC(Cc5cc(C)c(OC)c(O)c54)C(C#N)N23)c2c(c1C)OCO2. The number of cyclic esters (lactones) is 1. The van der Waals surface area contributed by atoms with Crippen molar-refractivity contribution in [3.05, 3.63) is 39.9 Å². The summed E-state index contributed by atoms with van der Waals surface area (Å²) in [6.07, 6.45) is 0.501. The molecule has 4 aliphatic rings. The van der Waals surface area contributed by atoms with Crippen LogP contribution in [0.4, 0.5) is 0 Å². The molecular weight excluding hydrogens is 494 g/mol. The minimum atomic E-state index is -0.956. The Morgan fingerprint density at radius 2 is 2.00 bits per heavy atom. The van der Waals surface area contributed by atoms with Gasteiger partial charge in [0, 0.05) is 29.8 Å². The molecule has 2 bridgehead atoms. The topological polar surface area (TPSA) is 132 Å². The van der Waals surface area contributed by atoms with E-state index < -0.39 is 30.1 Å². The summed E-state index contributed by atoms with van der Waals surface area (Å²) in [7, 11) is 3.04. The summed E-state index contributed by atoms with van der Waals surface area (Å²) in [5, 5.41) is 25.2. The number of aromatic hydroxyl groups is 1. The van der Waals surface area contributed by atoms with Crippen LogP contribution in [0.1, 0.15) is 39.9 Å². The van der Waals surface area contributed by atoms with Crippen molar-refractivity contribution in [3.8, 4) is 34.8 Å². The number of nitrogens with one attached hydrogen (secondary N) is 1. The third-order valence-corrected chi connectivity index (χ3v) is 7.93. The molecule has 0 saturated carbocycles. The predicted molar refractivity (Wildman–Crippen MR) is 131 cm³/mol. The van der Waals surface area contributed by atoms with E-state index in [9.17, 15) is 15.2 Å². The fourth-order valence-corrected chi connectivity index (χ4v) is 6.36. The Morgan fingerprint density at radius 1 is 1.21 bits per heavy atom. The van der Waals surface area contributed by atoms with Crippen LogP contribution >= 0.6 is 0 Å². The number of morpholine rings is 1. The first-order valence-corrected chi connectivity index (χ1v) is 12.4. The van der Waals surface area contributed by atoms with E-state index in [4.69, 9.17) is 28.4 Å². The molecule has 200 valence electrons. The summed E-state index contributed by atoms with van der Waals surface area (Å²) in [4.78, 5) is 15.4. The number of benzene rings is 2. The zero-order valence-corrected chi connectivity index (χ0v) is 21.6. The van der Waals surface area contributed by atoms with Gasteiger partial charge < -0.3 is 38.8 Å². The van der Waals surface area contributed by atoms with Crippen LogP contribution < -0.4 is 24.3 Å². The van der Waals surface area contributed by atoms with E-state index in [1.54, 1.807) is 6.07 Å². The van der Waals surface area contributed by atoms with Crippen molar-refractivity contribution in [2.75, 3.05) is 34.4 Å². The number of piperazine rings is 1. The number of phenols is 1. The van der Waals surface area contributed by atoms with Crippen LogP contribution in [0.3, 0.4) is 0 Å². The molecule has 0 aromatic heterocycles. The number of rotatable bonds is 5. The lowest BCUT2D eigenvalue weighted by Gasteiger charge is -2.55. The molecule has 11 heteroatoms. The number of hydrogen-bond donors (Lipinski definition) is 2. The quantitative estimate of drug-likeness (QED) is 0.441. The highest BCUT2D eigenvalue weighted by Gasteiger charge is 2.55. The third kappa shape index (κ3) is 3.48. The van der Waals surface area contributed by atoms with Gasteiger partial charge in [0.1, 0.15) is 24.4 Å². The average molecular weight is 524 g/mol. The van der Waals surface area contributed by atoms with E-state index >= 15 is 0 Å². The lowest BCUT2D eigenvalue weighted by molar-refractivity contribution is -0.171. The molecule has 4 heterocycles. The van der Waals surface area contributed by atoms with Crippen LogP contribution in [0.25, 0.3) is 0 Å². The van der Waals surface area contributed by atoms with Crippen molar-refractivity contribution in [1.29, 1.82) is 5.26 Å². The highest BCUT2D eigenvalue weighted by atomic mass is 16.7. The Bertz CT molecular complexity index is 1360. The maximum Gasteiger partial charge on any atom is 0.328 e. The summed E-state index contributed by atoms with van der Waals surface area (Å²) in [6.45, 7) is 3.77. The highest BCUT2D eigenvalue weighted by Crippen LogP contribution is 2.52. The van der Waals surface area contributed by atoms with Gasteiger partial charge in [-0.05, 0) is 37.5 Å². The van der Waals surface area contributed by atoms with E-state index in [0.29, 0.717) is 46.1 Å². The number of ether oxygens (including phenoxy) is 6. The highest BCUT2D eigenvalue weighted by molar-refractivity contribution is 5.81. The molecule has 2 aromatic rings. The molecule has 0 spiro atoms. The van der Waals surface area contributed by atoms with E-state index in [0.717, 1.165) is 11.1 Å². The number of hydrogen-bond acceptors (Lipinski definition) is 11. The fraction of sp³-hybridized carbons (Fsp3) is 0.481. The van der Waals surface area contributed by atoms with Gasteiger partial charge in [-0.1, -0.05) is 6.07 Å². The molecule has 4 aliphatic heterocycles. The van der Waals surface area contributed by atoms with Gasteiger partial charge in [0.25, 0.3) is 0 Å². The standard InChI is InChI=1S/C27H29N3O8/c1-12-5-14-6-16-17(8-28)30-18(21(29-16)20(14)23(31)24(12)34-4)9-35-27(32)22(30)15-7-19(36-10-33-3)13(2)25-26(15)38-11-37-25/h5,7,16-18,21-22,29,31H,6,9-11H2,1-4H3. The van der Waals surface area contributed by atoms with Crippen molar-refractivity contribution >= 4 is 5.97 Å². The number of nitrogens with zero attached hydrogens (tertiary/aromatic N) is 2. The lowest BCUT2D eigenvalue weighted by Crippen LogP contribution is -2.69. The van der Waals surface area contributed by atoms with Crippen molar-refractivity contribution in [1.82, 2.24) is 10.2 Å². The summed E-state index contributed by atoms with van der Waals surface area (Å²) in [5.41, 5.74) is 3.68. The molecule has 2 fully saturated rings. The smallest absolute Gasteiger partial charge is 0.328 e. The normalized spacial score (nSPS) is 27.1. The van der Waals surface area contributed by atoms with Crippen molar-refractivity contribution < 1.29 is 38.3 Å².